The summed E-state index contributed by atoms with van der Waals surface area (Å²) in [7, 11) is 1.60. The fraction of sp³-hybridized carbons (Fsp3) is 0.278. The van der Waals surface area contributed by atoms with Crippen LogP contribution in [0, 0.1) is 13.8 Å². The highest BCUT2D eigenvalue weighted by Gasteiger charge is 2.17. The Morgan fingerprint density at radius 3 is 2.43 bits per heavy atom. The van der Waals surface area contributed by atoms with Gasteiger partial charge in [0.1, 0.15) is 5.75 Å². The summed E-state index contributed by atoms with van der Waals surface area (Å²) < 4.78 is 5.38. The van der Waals surface area contributed by atoms with E-state index in [-0.39, 0.29) is 5.78 Å². The maximum Gasteiger partial charge on any atom is 0.171 e. The maximum absolute atomic E-state index is 12.7. The highest BCUT2D eigenvalue weighted by molar-refractivity contribution is 6.01. The number of carbonyl (C=O) groups excluding carboxylic acids is 1. The molecule has 3 heteroatoms. The lowest BCUT2D eigenvalue weighted by atomic mass is 9.94. The molecule has 3 nitrogen and oxygen atoms in total. The molecule has 0 aromatic heterocycles. The summed E-state index contributed by atoms with van der Waals surface area (Å²) >= 11 is 0. The molecule has 0 saturated carbocycles. The number of benzene rings is 2. The van der Waals surface area contributed by atoms with E-state index in [2.05, 4.69) is 0 Å². The van der Waals surface area contributed by atoms with E-state index in [0.29, 0.717) is 24.3 Å². The first-order valence-electron chi connectivity index (χ1n) is 7.02. The van der Waals surface area contributed by atoms with E-state index in [1.54, 1.807) is 7.11 Å². The van der Waals surface area contributed by atoms with Gasteiger partial charge in [-0.1, -0.05) is 30.3 Å². The first-order chi connectivity index (χ1) is 10.1. The van der Waals surface area contributed by atoms with Crippen LogP contribution in [-0.4, -0.2) is 12.9 Å². The molecule has 0 unspecified atom stereocenters. The van der Waals surface area contributed by atoms with Crippen LogP contribution in [0.4, 0.5) is 0 Å². The molecule has 2 N–H and O–H groups in total. The molecular weight excluding hydrogens is 262 g/mol. The summed E-state index contributed by atoms with van der Waals surface area (Å²) in [5.41, 5.74) is 10.4. The number of methoxy groups -OCH3 is 1. The Hall–Kier alpha value is -2.13. The van der Waals surface area contributed by atoms with Crippen LogP contribution in [0.25, 0.3) is 0 Å². The van der Waals surface area contributed by atoms with Gasteiger partial charge in [0.15, 0.2) is 5.78 Å². The van der Waals surface area contributed by atoms with Crippen LogP contribution in [0.15, 0.2) is 36.4 Å². The molecule has 2 rings (SSSR count). The van der Waals surface area contributed by atoms with Gasteiger partial charge in [-0.05, 0) is 42.2 Å². The molecule has 2 aromatic carbocycles. The van der Waals surface area contributed by atoms with Crippen LogP contribution < -0.4 is 10.5 Å². The quantitative estimate of drug-likeness (QED) is 0.857. The molecule has 0 saturated heterocycles. The molecular formula is C18H21NO2. The Morgan fingerprint density at radius 2 is 1.81 bits per heavy atom. The molecule has 0 aliphatic heterocycles. The lowest BCUT2D eigenvalue weighted by Crippen LogP contribution is -2.11. The van der Waals surface area contributed by atoms with E-state index in [1.807, 2.05) is 50.2 Å². The topological polar surface area (TPSA) is 52.3 Å². The first-order valence-corrected chi connectivity index (χ1v) is 7.02. The van der Waals surface area contributed by atoms with Crippen molar-refractivity contribution in [2.45, 2.75) is 26.8 Å². The van der Waals surface area contributed by atoms with E-state index >= 15 is 0 Å². The van der Waals surface area contributed by atoms with Crippen molar-refractivity contribution in [2.24, 2.45) is 5.73 Å². The smallest absolute Gasteiger partial charge is 0.171 e. The van der Waals surface area contributed by atoms with E-state index in [9.17, 15) is 4.79 Å². The lowest BCUT2D eigenvalue weighted by Gasteiger charge is -2.13. The Morgan fingerprint density at radius 1 is 1.14 bits per heavy atom. The monoisotopic (exact) mass is 283 g/mol. The highest BCUT2D eigenvalue weighted by Crippen LogP contribution is 2.26. The van der Waals surface area contributed by atoms with Crippen molar-refractivity contribution in [1.29, 1.82) is 0 Å². The van der Waals surface area contributed by atoms with Gasteiger partial charge >= 0.3 is 0 Å². The molecule has 0 spiro atoms. The van der Waals surface area contributed by atoms with Gasteiger partial charge < -0.3 is 10.5 Å². The molecule has 0 fully saturated rings. The second-order valence-corrected chi connectivity index (χ2v) is 5.23. The Kier molecular flexibility index (Phi) is 4.76. The molecule has 0 aliphatic carbocycles. The van der Waals surface area contributed by atoms with Gasteiger partial charge in [0, 0.05) is 13.0 Å². The van der Waals surface area contributed by atoms with Crippen molar-refractivity contribution in [3.63, 3.8) is 0 Å². The number of aryl methyl sites for hydroxylation is 2. The zero-order chi connectivity index (χ0) is 15.4. The molecule has 0 atom stereocenters. The molecule has 0 bridgehead atoms. The number of Topliss-reactive ketones (excluding diaryl/α,β-unsaturated/α-hetero) is 1. The standard InChI is InChI=1S/C18H21NO2/c1-12-8-13(2)18(17(9-12)21-3)16(20)10-14-6-4-5-7-15(14)11-19/h4-9H,10-11,19H2,1-3H3. The SMILES string of the molecule is COc1cc(C)cc(C)c1C(=O)Cc1ccccc1CN. The van der Waals surface area contributed by atoms with Crippen molar-refractivity contribution in [2.75, 3.05) is 7.11 Å². The third kappa shape index (κ3) is 3.31. The summed E-state index contributed by atoms with van der Waals surface area (Å²) in [4.78, 5) is 12.7. The zero-order valence-electron chi connectivity index (χ0n) is 12.8. The number of carbonyl (C=O) groups is 1. The van der Waals surface area contributed by atoms with Crippen molar-refractivity contribution in [3.05, 3.63) is 64.2 Å². The van der Waals surface area contributed by atoms with Crippen molar-refractivity contribution < 1.29 is 9.53 Å². The van der Waals surface area contributed by atoms with E-state index in [0.717, 1.165) is 22.3 Å². The Labute approximate surface area is 125 Å². The minimum Gasteiger partial charge on any atom is -0.496 e. The van der Waals surface area contributed by atoms with Gasteiger partial charge in [-0.15, -0.1) is 0 Å². The summed E-state index contributed by atoms with van der Waals surface area (Å²) in [5, 5.41) is 0. The largest absolute Gasteiger partial charge is 0.496 e. The number of ether oxygens (including phenoxy) is 1. The maximum atomic E-state index is 12.7. The van der Waals surface area contributed by atoms with Crippen LogP contribution in [0.3, 0.4) is 0 Å². The van der Waals surface area contributed by atoms with Crippen LogP contribution in [-0.2, 0) is 13.0 Å². The summed E-state index contributed by atoms with van der Waals surface area (Å²) in [6.07, 6.45) is 0.341. The third-order valence-electron chi connectivity index (χ3n) is 3.63. The molecule has 0 aliphatic rings. The predicted molar refractivity (Wildman–Crippen MR) is 84.8 cm³/mol. The summed E-state index contributed by atoms with van der Waals surface area (Å²) in [6.45, 7) is 4.37. The first kappa shape index (κ1) is 15.3. The van der Waals surface area contributed by atoms with Gasteiger partial charge in [0.2, 0.25) is 0 Å². The highest BCUT2D eigenvalue weighted by atomic mass is 16.5. The predicted octanol–water partition coefficient (Wildman–Crippen LogP) is 3.20. The van der Waals surface area contributed by atoms with Gasteiger partial charge in [0.25, 0.3) is 0 Å². The van der Waals surface area contributed by atoms with Gasteiger partial charge in [0.05, 0.1) is 12.7 Å². The van der Waals surface area contributed by atoms with Crippen LogP contribution in [0.1, 0.15) is 32.6 Å². The van der Waals surface area contributed by atoms with Crippen molar-refractivity contribution in [3.8, 4) is 5.75 Å². The molecule has 0 amide bonds. The minimum absolute atomic E-state index is 0.0604. The lowest BCUT2D eigenvalue weighted by molar-refractivity contribution is 0.0989. The van der Waals surface area contributed by atoms with E-state index in [1.165, 1.54) is 0 Å². The van der Waals surface area contributed by atoms with Crippen molar-refractivity contribution in [1.82, 2.24) is 0 Å². The Bertz CT molecular complexity index is 662. The number of rotatable bonds is 5. The number of nitrogens with two attached hydrogens (primary N) is 1. The molecule has 0 heterocycles. The minimum atomic E-state index is 0.0604. The molecule has 2 aromatic rings. The van der Waals surface area contributed by atoms with E-state index < -0.39 is 0 Å². The fourth-order valence-corrected chi connectivity index (χ4v) is 2.64. The number of hydrogen-bond acceptors (Lipinski definition) is 3. The van der Waals surface area contributed by atoms with Gasteiger partial charge in [-0.3, -0.25) is 4.79 Å². The second kappa shape index (κ2) is 6.55. The van der Waals surface area contributed by atoms with Crippen LogP contribution in [0.2, 0.25) is 0 Å². The third-order valence-corrected chi connectivity index (χ3v) is 3.63. The second-order valence-electron chi connectivity index (χ2n) is 5.23. The fourth-order valence-electron chi connectivity index (χ4n) is 2.64. The molecule has 110 valence electrons. The number of hydrogen-bond donors (Lipinski definition) is 1. The molecule has 21 heavy (non-hydrogen) atoms. The van der Waals surface area contributed by atoms with Crippen LogP contribution in [0.5, 0.6) is 5.75 Å². The average Bonchev–Trinajstić information content (AvgIpc) is 2.46. The van der Waals surface area contributed by atoms with Crippen molar-refractivity contribution >= 4 is 5.78 Å². The normalized spacial score (nSPS) is 10.5. The molecule has 0 radical (unpaired) electrons. The summed E-state index contributed by atoms with van der Waals surface area (Å²) in [5.74, 6) is 0.702. The van der Waals surface area contributed by atoms with E-state index in [4.69, 9.17) is 10.5 Å². The average molecular weight is 283 g/mol. The van der Waals surface area contributed by atoms with Gasteiger partial charge in [-0.2, -0.15) is 0 Å². The number of ketones is 1. The van der Waals surface area contributed by atoms with Crippen LogP contribution >= 0.6 is 0 Å². The summed E-state index contributed by atoms with van der Waals surface area (Å²) in [6, 6.07) is 11.7. The van der Waals surface area contributed by atoms with Gasteiger partial charge in [-0.25, -0.2) is 0 Å². The zero-order valence-corrected chi connectivity index (χ0v) is 12.8. The Balaban J connectivity index is 2.37.